The van der Waals surface area contributed by atoms with Gasteiger partial charge >= 0.3 is 0 Å². The molecular formula is C24H28N6O2S2. The zero-order valence-corrected chi connectivity index (χ0v) is 21.4. The fourth-order valence-corrected chi connectivity index (χ4v) is 5.97. The van der Waals surface area contributed by atoms with Crippen molar-refractivity contribution in [1.29, 1.82) is 0 Å². The number of para-hydroxylation sites is 2. The van der Waals surface area contributed by atoms with Gasteiger partial charge in [0.2, 0.25) is 5.91 Å². The molecule has 0 radical (unpaired) electrons. The minimum Gasteiger partial charge on any atom is -0.378 e. The summed E-state index contributed by atoms with van der Waals surface area (Å²) in [5, 5.41) is 13.8. The van der Waals surface area contributed by atoms with Crippen molar-refractivity contribution < 1.29 is 9.53 Å². The van der Waals surface area contributed by atoms with Crippen molar-refractivity contribution in [2.45, 2.75) is 38.8 Å². The number of aryl methyl sites for hydroxylation is 2. The Bertz CT molecular complexity index is 1360. The van der Waals surface area contributed by atoms with Gasteiger partial charge in [-0.15, -0.1) is 21.5 Å². The molecule has 178 valence electrons. The number of hydrogen-bond donors (Lipinski definition) is 1. The maximum Gasteiger partial charge on any atom is 0.234 e. The van der Waals surface area contributed by atoms with E-state index in [1.54, 1.807) is 11.3 Å². The smallest absolute Gasteiger partial charge is 0.234 e. The first-order valence-electron chi connectivity index (χ1n) is 11.4. The number of ether oxygens (including phenoxy) is 1. The number of carbonyl (C=O) groups is 1. The SMILES string of the molecule is Cc1sc2nc(C(C)C)n3c(SCC(=O)Nc4ccccc4N4CCOCC4)nnc3c2c1C. The van der Waals surface area contributed by atoms with Crippen molar-refractivity contribution in [3.8, 4) is 0 Å². The molecule has 34 heavy (non-hydrogen) atoms. The molecule has 4 heterocycles. The maximum atomic E-state index is 12.9. The second kappa shape index (κ2) is 9.52. The monoisotopic (exact) mass is 496 g/mol. The minimum atomic E-state index is -0.0786. The third-order valence-corrected chi connectivity index (χ3v) is 8.08. The fourth-order valence-electron chi connectivity index (χ4n) is 4.20. The van der Waals surface area contributed by atoms with Crippen molar-refractivity contribution in [1.82, 2.24) is 19.6 Å². The summed E-state index contributed by atoms with van der Waals surface area (Å²) < 4.78 is 7.49. The van der Waals surface area contributed by atoms with Gasteiger partial charge in [-0.25, -0.2) is 4.98 Å². The van der Waals surface area contributed by atoms with E-state index >= 15 is 0 Å². The van der Waals surface area contributed by atoms with Gasteiger partial charge in [-0.3, -0.25) is 9.20 Å². The van der Waals surface area contributed by atoms with Gasteiger partial charge in [0.1, 0.15) is 10.7 Å². The van der Waals surface area contributed by atoms with Crippen molar-refractivity contribution in [3.05, 3.63) is 40.5 Å². The van der Waals surface area contributed by atoms with Gasteiger partial charge in [-0.05, 0) is 31.5 Å². The average Bonchev–Trinajstić information content (AvgIpc) is 3.38. The normalized spacial score (nSPS) is 14.4. The van der Waals surface area contributed by atoms with Crippen LogP contribution in [0.15, 0.2) is 29.4 Å². The van der Waals surface area contributed by atoms with Crippen LogP contribution >= 0.6 is 23.1 Å². The lowest BCUT2D eigenvalue weighted by molar-refractivity contribution is -0.113. The Kier molecular flexibility index (Phi) is 6.46. The lowest BCUT2D eigenvalue weighted by atomic mass is 10.2. The second-order valence-electron chi connectivity index (χ2n) is 8.68. The first-order valence-corrected chi connectivity index (χ1v) is 13.2. The van der Waals surface area contributed by atoms with Crippen LogP contribution in [0.2, 0.25) is 0 Å². The van der Waals surface area contributed by atoms with Crippen LogP contribution < -0.4 is 10.2 Å². The molecule has 1 aliphatic rings. The molecule has 0 bridgehead atoms. The van der Waals surface area contributed by atoms with E-state index in [0.29, 0.717) is 18.4 Å². The van der Waals surface area contributed by atoms with Crippen LogP contribution in [0, 0.1) is 13.8 Å². The molecule has 0 unspecified atom stereocenters. The number of nitrogens with one attached hydrogen (secondary N) is 1. The Morgan fingerprint density at radius 3 is 2.74 bits per heavy atom. The molecule has 0 saturated carbocycles. The van der Waals surface area contributed by atoms with Crippen LogP contribution in [0.4, 0.5) is 11.4 Å². The molecule has 0 spiro atoms. The summed E-state index contributed by atoms with van der Waals surface area (Å²) in [5.41, 5.74) is 3.84. The first kappa shape index (κ1) is 23.1. The molecule has 0 aliphatic carbocycles. The highest BCUT2D eigenvalue weighted by molar-refractivity contribution is 7.99. The van der Waals surface area contributed by atoms with E-state index in [0.717, 1.165) is 46.2 Å². The summed E-state index contributed by atoms with van der Waals surface area (Å²) in [5.74, 6) is 1.26. The van der Waals surface area contributed by atoms with Gasteiger partial charge in [0.25, 0.3) is 0 Å². The van der Waals surface area contributed by atoms with Crippen LogP contribution in [-0.2, 0) is 9.53 Å². The number of thioether (sulfide) groups is 1. The number of benzene rings is 1. The van der Waals surface area contributed by atoms with E-state index in [2.05, 4.69) is 48.1 Å². The standard InChI is InChI=1S/C24H28N6O2S2/c1-14(2)21-26-23-20(15(3)16(4)34-23)22-27-28-24(30(21)22)33-13-19(31)25-17-7-5-6-8-18(17)29-9-11-32-12-10-29/h5-8,14H,9-13H2,1-4H3,(H,25,31). The number of thiophene rings is 1. The van der Waals surface area contributed by atoms with E-state index in [-0.39, 0.29) is 17.6 Å². The predicted octanol–water partition coefficient (Wildman–Crippen LogP) is 4.65. The van der Waals surface area contributed by atoms with E-state index in [9.17, 15) is 4.79 Å². The average molecular weight is 497 g/mol. The van der Waals surface area contributed by atoms with Crippen LogP contribution in [0.5, 0.6) is 0 Å². The number of morpholine rings is 1. The van der Waals surface area contributed by atoms with Crippen LogP contribution in [0.25, 0.3) is 15.9 Å². The molecule has 1 fully saturated rings. The third-order valence-electron chi connectivity index (χ3n) is 6.05. The fraction of sp³-hybridized carbons (Fsp3) is 0.417. The van der Waals surface area contributed by atoms with E-state index in [4.69, 9.17) is 9.72 Å². The molecule has 4 aromatic rings. The van der Waals surface area contributed by atoms with Crippen molar-refractivity contribution >= 4 is 56.2 Å². The molecule has 1 amide bonds. The Balaban J connectivity index is 1.39. The molecule has 1 aliphatic heterocycles. The highest BCUT2D eigenvalue weighted by Gasteiger charge is 2.22. The molecule has 3 aromatic heterocycles. The Labute approximate surface area is 206 Å². The molecule has 5 rings (SSSR count). The molecule has 8 nitrogen and oxygen atoms in total. The van der Waals surface area contributed by atoms with Crippen molar-refractivity contribution in [2.75, 3.05) is 42.3 Å². The zero-order valence-electron chi connectivity index (χ0n) is 19.8. The van der Waals surface area contributed by atoms with E-state index in [1.807, 2.05) is 28.7 Å². The quantitative estimate of drug-likeness (QED) is 0.389. The second-order valence-corrected chi connectivity index (χ2v) is 10.8. The summed E-state index contributed by atoms with van der Waals surface area (Å²) in [4.78, 5) is 22.3. The van der Waals surface area contributed by atoms with E-state index < -0.39 is 0 Å². The summed E-state index contributed by atoms with van der Waals surface area (Å²) >= 11 is 3.08. The van der Waals surface area contributed by atoms with Crippen molar-refractivity contribution in [3.63, 3.8) is 0 Å². The number of nitrogens with zero attached hydrogens (tertiary/aromatic N) is 5. The molecule has 1 saturated heterocycles. The van der Waals surface area contributed by atoms with Gasteiger partial charge < -0.3 is 15.0 Å². The molecule has 1 aromatic carbocycles. The van der Waals surface area contributed by atoms with Crippen LogP contribution in [0.3, 0.4) is 0 Å². The van der Waals surface area contributed by atoms with Crippen LogP contribution in [-0.4, -0.2) is 57.5 Å². The number of fused-ring (bicyclic) bond motifs is 3. The van der Waals surface area contributed by atoms with Gasteiger partial charge in [0.05, 0.1) is 35.7 Å². The molecule has 0 atom stereocenters. The Hall–Kier alpha value is -2.69. The maximum absolute atomic E-state index is 12.9. The van der Waals surface area contributed by atoms with Crippen LogP contribution in [0.1, 0.15) is 36.0 Å². The largest absolute Gasteiger partial charge is 0.378 e. The number of amides is 1. The molecular weight excluding hydrogens is 468 g/mol. The Morgan fingerprint density at radius 1 is 1.21 bits per heavy atom. The highest BCUT2D eigenvalue weighted by Crippen LogP contribution is 2.35. The van der Waals surface area contributed by atoms with Gasteiger partial charge in [-0.2, -0.15) is 0 Å². The van der Waals surface area contributed by atoms with Gasteiger partial charge in [-0.1, -0.05) is 37.7 Å². The lowest BCUT2D eigenvalue weighted by Gasteiger charge is -2.30. The highest BCUT2D eigenvalue weighted by atomic mass is 32.2. The predicted molar refractivity (Wildman–Crippen MR) is 139 cm³/mol. The lowest BCUT2D eigenvalue weighted by Crippen LogP contribution is -2.36. The summed E-state index contributed by atoms with van der Waals surface area (Å²) in [7, 11) is 0. The Morgan fingerprint density at radius 2 is 1.97 bits per heavy atom. The molecule has 1 N–H and O–H groups in total. The third kappa shape index (κ3) is 4.25. The molecule has 10 heteroatoms. The number of rotatable bonds is 6. The summed E-state index contributed by atoms with van der Waals surface area (Å²) in [6.45, 7) is 11.5. The topological polar surface area (TPSA) is 84.7 Å². The number of anilines is 2. The minimum absolute atomic E-state index is 0.0786. The van der Waals surface area contributed by atoms with Crippen molar-refractivity contribution in [2.24, 2.45) is 0 Å². The number of aromatic nitrogens is 4. The van der Waals surface area contributed by atoms with E-state index in [1.165, 1.54) is 22.2 Å². The first-order chi connectivity index (χ1) is 16.4. The number of carbonyl (C=O) groups excluding carboxylic acids is 1. The number of hydrogen-bond acceptors (Lipinski definition) is 8. The zero-order chi connectivity index (χ0) is 23.8. The van der Waals surface area contributed by atoms with Gasteiger partial charge in [0, 0.05) is 23.9 Å². The van der Waals surface area contributed by atoms with Gasteiger partial charge in [0.15, 0.2) is 10.8 Å². The summed E-state index contributed by atoms with van der Waals surface area (Å²) in [6.07, 6.45) is 0. The summed E-state index contributed by atoms with van der Waals surface area (Å²) in [6, 6.07) is 7.92.